The number of rotatable bonds is 6. The van der Waals surface area contributed by atoms with Gasteiger partial charge in [0.1, 0.15) is 12.2 Å². The average molecular weight is 289 g/mol. The lowest BCUT2D eigenvalue weighted by Crippen LogP contribution is -2.26. The van der Waals surface area contributed by atoms with Gasteiger partial charge >= 0.3 is 0 Å². The van der Waals surface area contributed by atoms with Crippen LogP contribution in [0.25, 0.3) is 0 Å². The molecule has 1 rings (SSSR count). The standard InChI is InChI=1S/C11H21BrN4/c1-9(2)5-16-11(13-8-14-16)7-15(4)6-10(3)12/h8-10H,5-7H2,1-4H3. The van der Waals surface area contributed by atoms with E-state index in [2.05, 4.69) is 58.7 Å². The zero-order valence-corrected chi connectivity index (χ0v) is 12.1. The van der Waals surface area contributed by atoms with Gasteiger partial charge in [-0.15, -0.1) is 0 Å². The molecular formula is C11H21BrN4. The molecule has 0 aliphatic rings. The van der Waals surface area contributed by atoms with E-state index in [4.69, 9.17) is 0 Å². The molecule has 1 aromatic heterocycles. The smallest absolute Gasteiger partial charge is 0.141 e. The second-order valence-corrected chi connectivity index (χ2v) is 6.29. The maximum absolute atomic E-state index is 4.31. The Hall–Kier alpha value is -0.420. The monoisotopic (exact) mass is 288 g/mol. The summed E-state index contributed by atoms with van der Waals surface area (Å²) >= 11 is 3.55. The van der Waals surface area contributed by atoms with E-state index in [0.717, 1.165) is 25.5 Å². The average Bonchev–Trinajstić information content (AvgIpc) is 2.50. The predicted molar refractivity (Wildman–Crippen MR) is 69.6 cm³/mol. The highest BCUT2D eigenvalue weighted by Gasteiger charge is 2.10. The van der Waals surface area contributed by atoms with E-state index in [1.807, 2.05) is 4.68 Å². The molecule has 0 aliphatic carbocycles. The van der Waals surface area contributed by atoms with Gasteiger partial charge in [0, 0.05) is 17.9 Å². The summed E-state index contributed by atoms with van der Waals surface area (Å²) in [6.45, 7) is 9.32. The second-order valence-electron chi connectivity index (χ2n) is 4.73. The third-order valence-electron chi connectivity index (χ3n) is 2.21. The second kappa shape index (κ2) is 6.35. The lowest BCUT2D eigenvalue weighted by molar-refractivity contribution is 0.311. The summed E-state index contributed by atoms with van der Waals surface area (Å²) in [5.41, 5.74) is 0. The first kappa shape index (κ1) is 13.6. The maximum atomic E-state index is 4.31. The van der Waals surface area contributed by atoms with Crippen molar-refractivity contribution in [2.75, 3.05) is 13.6 Å². The number of hydrogen-bond acceptors (Lipinski definition) is 3. The van der Waals surface area contributed by atoms with Gasteiger partial charge in [0.2, 0.25) is 0 Å². The van der Waals surface area contributed by atoms with Crippen LogP contribution >= 0.6 is 15.9 Å². The minimum atomic E-state index is 0.499. The van der Waals surface area contributed by atoms with Gasteiger partial charge in [-0.25, -0.2) is 9.67 Å². The summed E-state index contributed by atoms with van der Waals surface area (Å²) < 4.78 is 2.00. The van der Waals surface area contributed by atoms with Gasteiger partial charge in [0.25, 0.3) is 0 Å². The van der Waals surface area contributed by atoms with E-state index in [0.29, 0.717) is 10.7 Å². The molecule has 0 spiro atoms. The molecule has 0 aliphatic heterocycles. The van der Waals surface area contributed by atoms with Crippen molar-refractivity contribution >= 4 is 15.9 Å². The van der Waals surface area contributed by atoms with Gasteiger partial charge < -0.3 is 0 Å². The number of nitrogens with zero attached hydrogens (tertiary/aromatic N) is 4. The first-order chi connectivity index (χ1) is 7.49. The Kier molecular flexibility index (Phi) is 5.41. The van der Waals surface area contributed by atoms with Crippen molar-refractivity contribution in [1.82, 2.24) is 19.7 Å². The van der Waals surface area contributed by atoms with Crippen LogP contribution in [-0.2, 0) is 13.1 Å². The Balaban J connectivity index is 2.56. The molecule has 1 atom stereocenters. The highest BCUT2D eigenvalue weighted by atomic mass is 79.9. The summed E-state index contributed by atoms with van der Waals surface area (Å²) in [6, 6.07) is 0. The third-order valence-corrected chi connectivity index (χ3v) is 2.50. The quantitative estimate of drug-likeness (QED) is 0.753. The summed E-state index contributed by atoms with van der Waals surface area (Å²) in [5, 5.41) is 4.26. The molecule has 0 fully saturated rings. The van der Waals surface area contributed by atoms with Crippen molar-refractivity contribution < 1.29 is 0 Å². The zero-order valence-electron chi connectivity index (χ0n) is 10.5. The highest BCUT2D eigenvalue weighted by Crippen LogP contribution is 2.06. The van der Waals surface area contributed by atoms with Crippen molar-refractivity contribution in [3.63, 3.8) is 0 Å². The Morgan fingerprint density at radius 3 is 2.69 bits per heavy atom. The molecule has 5 heteroatoms. The van der Waals surface area contributed by atoms with E-state index < -0.39 is 0 Å². The Labute approximate surface area is 106 Å². The van der Waals surface area contributed by atoms with Gasteiger partial charge in [-0.3, -0.25) is 4.90 Å². The van der Waals surface area contributed by atoms with E-state index in [1.54, 1.807) is 6.33 Å². The van der Waals surface area contributed by atoms with E-state index >= 15 is 0 Å². The number of halogens is 1. The van der Waals surface area contributed by atoms with Crippen LogP contribution in [0.1, 0.15) is 26.6 Å². The molecule has 1 heterocycles. The molecule has 0 amide bonds. The van der Waals surface area contributed by atoms with Gasteiger partial charge in [0.15, 0.2) is 0 Å². The van der Waals surface area contributed by atoms with Crippen LogP contribution in [-0.4, -0.2) is 38.1 Å². The van der Waals surface area contributed by atoms with E-state index in [-0.39, 0.29) is 0 Å². The van der Waals surface area contributed by atoms with Gasteiger partial charge in [-0.2, -0.15) is 5.10 Å². The summed E-state index contributed by atoms with van der Waals surface area (Å²) in [7, 11) is 2.10. The molecule has 0 saturated heterocycles. The molecule has 0 bridgehead atoms. The van der Waals surface area contributed by atoms with Crippen LogP contribution in [0, 0.1) is 5.92 Å². The molecule has 4 nitrogen and oxygen atoms in total. The number of hydrogen-bond donors (Lipinski definition) is 0. The van der Waals surface area contributed by atoms with Crippen LogP contribution in [0.15, 0.2) is 6.33 Å². The largest absolute Gasteiger partial charge is 0.298 e. The normalized spacial score (nSPS) is 13.7. The van der Waals surface area contributed by atoms with Gasteiger partial charge in [0.05, 0.1) is 6.54 Å². The van der Waals surface area contributed by atoms with Crippen LogP contribution in [0.5, 0.6) is 0 Å². The molecule has 0 saturated carbocycles. The number of alkyl halides is 1. The molecular weight excluding hydrogens is 268 g/mol. The van der Waals surface area contributed by atoms with Crippen molar-refractivity contribution in [1.29, 1.82) is 0 Å². The van der Waals surface area contributed by atoms with E-state index in [1.165, 1.54) is 0 Å². The van der Waals surface area contributed by atoms with Gasteiger partial charge in [-0.1, -0.05) is 36.7 Å². The minimum Gasteiger partial charge on any atom is -0.298 e. The summed E-state index contributed by atoms with van der Waals surface area (Å²) in [6.07, 6.45) is 1.64. The molecule has 16 heavy (non-hydrogen) atoms. The lowest BCUT2D eigenvalue weighted by atomic mass is 10.2. The molecule has 1 aromatic rings. The zero-order chi connectivity index (χ0) is 12.1. The minimum absolute atomic E-state index is 0.499. The Morgan fingerprint density at radius 2 is 2.12 bits per heavy atom. The predicted octanol–water partition coefficient (Wildman–Crippen LogP) is 2.15. The molecule has 0 radical (unpaired) electrons. The summed E-state index contributed by atoms with van der Waals surface area (Å²) in [4.78, 5) is 7.06. The van der Waals surface area contributed by atoms with Crippen molar-refractivity contribution in [3.8, 4) is 0 Å². The molecule has 92 valence electrons. The number of aromatic nitrogens is 3. The third kappa shape index (κ3) is 4.61. The molecule has 0 N–H and O–H groups in total. The van der Waals surface area contributed by atoms with Crippen molar-refractivity contribution in [3.05, 3.63) is 12.2 Å². The first-order valence-electron chi connectivity index (χ1n) is 5.68. The van der Waals surface area contributed by atoms with Crippen LogP contribution in [0.4, 0.5) is 0 Å². The maximum Gasteiger partial charge on any atom is 0.141 e. The fourth-order valence-corrected chi connectivity index (χ4v) is 2.14. The van der Waals surface area contributed by atoms with Crippen LogP contribution in [0.3, 0.4) is 0 Å². The highest BCUT2D eigenvalue weighted by molar-refractivity contribution is 9.09. The molecule has 1 unspecified atom stereocenters. The Bertz CT molecular complexity index is 309. The lowest BCUT2D eigenvalue weighted by Gasteiger charge is -2.18. The van der Waals surface area contributed by atoms with Crippen molar-refractivity contribution in [2.45, 2.75) is 38.7 Å². The molecule has 0 aromatic carbocycles. The fraction of sp³-hybridized carbons (Fsp3) is 0.818. The van der Waals surface area contributed by atoms with Crippen molar-refractivity contribution in [2.24, 2.45) is 5.92 Å². The van der Waals surface area contributed by atoms with Gasteiger partial charge in [-0.05, 0) is 13.0 Å². The van der Waals surface area contributed by atoms with E-state index in [9.17, 15) is 0 Å². The first-order valence-corrected chi connectivity index (χ1v) is 6.60. The van der Waals surface area contributed by atoms with Crippen LogP contribution < -0.4 is 0 Å². The van der Waals surface area contributed by atoms with Crippen LogP contribution in [0.2, 0.25) is 0 Å². The SMILES string of the molecule is CC(C)Cn1ncnc1CN(C)CC(C)Br. The Morgan fingerprint density at radius 1 is 1.44 bits per heavy atom. The topological polar surface area (TPSA) is 34.0 Å². The summed E-state index contributed by atoms with van der Waals surface area (Å²) in [5.74, 6) is 1.64. The fourth-order valence-electron chi connectivity index (χ4n) is 1.64.